The van der Waals surface area contributed by atoms with E-state index in [-0.39, 0.29) is 5.25 Å². The van der Waals surface area contributed by atoms with Gasteiger partial charge in [-0.1, -0.05) is 0 Å². The highest BCUT2D eigenvalue weighted by molar-refractivity contribution is 7.90. The third-order valence-corrected chi connectivity index (χ3v) is 5.14. The molecule has 1 fully saturated rings. The Morgan fingerprint density at radius 3 is 2.83 bits per heavy atom. The molecule has 0 amide bonds. The first-order valence-corrected chi connectivity index (χ1v) is 7.88. The summed E-state index contributed by atoms with van der Waals surface area (Å²) < 4.78 is 28.6. The Kier molecular flexibility index (Phi) is 4.73. The van der Waals surface area contributed by atoms with Gasteiger partial charge in [-0.2, -0.15) is 0 Å². The number of hydrogen-bond donors (Lipinski definition) is 2. The third kappa shape index (κ3) is 3.79. The predicted molar refractivity (Wildman–Crippen MR) is 69.7 cm³/mol. The van der Waals surface area contributed by atoms with Gasteiger partial charge in [0.15, 0.2) is 0 Å². The van der Waals surface area contributed by atoms with Crippen molar-refractivity contribution in [3.8, 4) is 0 Å². The van der Waals surface area contributed by atoms with Crippen LogP contribution in [0.1, 0.15) is 19.3 Å². The first-order chi connectivity index (χ1) is 8.68. The predicted octanol–water partition coefficient (Wildman–Crippen LogP) is -0.0554. The lowest BCUT2D eigenvalue weighted by Crippen LogP contribution is -2.41. The van der Waals surface area contributed by atoms with Crippen molar-refractivity contribution in [2.24, 2.45) is 0 Å². The molecule has 0 aliphatic carbocycles. The van der Waals surface area contributed by atoms with Gasteiger partial charge in [0.1, 0.15) is 0 Å². The van der Waals surface area contributed by atoms with Crippen LogP contribution in [-0.2, 0) is 16.6 Å². The number of nitrogens with one attached hydrogen (secondary N) is 2. The normalized spacial score (nSPS) is 18.0. The number of hydrogen-bond acceptors (Lipinski definition) is 4. The SMILES string of the molecule is O=S(=O)(NCCCn1ccnc1)C1CCNCC1. The molecule has 1 aliphatic rings. The number of rotatable bonds is 6. The topological polar surface area (TPSA) is 76.0 Å². The van der Waals surface area contributed by atoms with E-state index in [9.17, 15) is 8.42 Å². The fourth-order valence-corrected chi connectivity index (χ4v) is 3.64. The average Bonchev–Trinajstić information content (AvgIpc) is 2.89. The zero-order chi connectivity index (χ0) is 12.8. The third-order valence-electron chi connectivity index (χ3n) is 3.18. The van der Waals surface area contributed by atoms with E-state index in [1.807, 2.05) is 10.8 Å². The van der Waals surface area contributed by atoms with Crippen LogP contribution in [0, 0.1) is 0 Å². The smallest absolute Gasteiger partial charge is 0.214 e. The molecule has 0 unspecified atom stereocenters. The molecule has 0 saturated carbocycles. The fraction of sp³-hybridized carbons (Fsp3) is 0.727. The van der Waals surface area contributed by atoms with E-state index in [1.165, 1.54) is 0 Å². The standard InChI is InChI=1S/C11H20N4O2S/c16-18(17,11-2-5-12-6-3-11)14-4-1-8-15-9-7-13-10-15/h7,9-12,14H,1-6,8H2. The zero-order valence-corrected chi connectivity index (χ0v) is 11.2. The number of sulfonamides is 1. The second kappa shape index (κ2) is 6.31. The summed E-state index contributed by atoms with van der Waals surface area (Å²) in [5.41, 5.74) is 0. The van der Waals surface area contributed by atoms with E-state index in [0.29, 0.717) is 19.4 Å². The molecule has 1 aromatic rings. The van der Waals surface area contributed by atoms with Gasteiger partial charge in [0.2, 0.25) is 10.0 Å². The van der Waals surface area contributed by atoms with Crippen LogP contribution in [0.2, 0.25) is 0 Å². The number of aromatic nitrogens is 2. The van der Waals surface area contributed by atoms with Gasteiger partial charge < -0.3 is 9.88 Å². The Morgan fingerprint density at radius 1 is 1.39 bits per heavy atom. The molecule has 0 atom stereocenters. The molecule has 18 heavy (non-hydrogen) atoms. The van der Waals surface area contributed by atoms with Gasteiger partial charge in [-0.15, -0.1) is 0 Å². The summed E-state index contributed by atoms with van der Waals surface area (Å²) in [6, 6.07) is 0. The highest BCUT2D eigenvalue weighted by Gasteiger charge is 2.26. The van der Waals surface area contributed by atoms with Crippen LogP contribution in [-0.4, -0.2) is 42.9 Å². The Hall–Kier alpha value is -0.920. The number of piperidine rings is 1. The molecular weight excluding hydrogens is 252 g/mol. The second-order valence-electron chi connectivity index (χ2n) is 4.54. The van der Waals surface area contributed by atoms with Crippen molar-refractivity contribution in [1.29, 1.82) is 0 Å². The molecule has 0 spiro atoms. The molecule has 2 N–H and O–H groups in total. The Morgan fingerprint density at radius 2 is 2.17 bits per heavy atom. The molecule has 1 aliphatic heterocycles. The molecule has 0 aromatic carbocycles. The van der Waals surface area contributed by atoms with Crippen LogP contribution in [0.4, 0.5) is 0 Å². The molecule has 0 bridgehead atoms. The average molecular weight is 272 g/mol. The van der Waals surface area contributed by atoms with Crippen LogP contribution in [0.3, 0.4) is 0 Å². The van der Waals surface area contributed by atoms with Crippen LogP contribution in [0.25, 0.3) is 0 Å². The van der Waals surface area contributed by atoms with E-state index in [1.54, 1.807) is 12.5 Å². The van der Waals surface area contributed by atoms with Gasteiger partial charge in [-0.25, -0.2) is 18.1 Å². The summed E-state index contributed by atoms with van der Waals surface area (Å²) >= 11 is 0. The largest absolute Gasteiger partial charge is 0.337 e. The van der Waals surface area contributed by atoms with E-state index >= 15 is 0 Å². The monoisotopic (exact) mass is 272 g/mol. The van der Waals surface area contributed by atoms with Crippen LogP contribution in [0.5, 0.6) is 0 Å². The Labute approximate surface area is 108 Å². The minimum atomic E-state index is -3.14. The summed E-state index contributed by atoms with van der Waals surface area (Å²) in [6.07, 6.45) is 7.52. The number of aryl methyl sites for hydroxylation is 1. The van der Waals surface area contributed by atoms with E-state index in [2.05, 4.69) is 15.0 Å². The summed E-state index contributed by atoms with van der Waals surface area (Å²) in [5, 5.41) is 2.94. The first-order valence-electron chi connectivity index (χ1n) is 6.33. The van der Waals surface area contributed by atoms with Crippen molar-refractivity contribution in [1.82, 2.24) is 19.6 Å². The number of imidazole rings is 1. The molecule has 7 heteroatoms. The zero-order valence-electron chi connectivity index (χ0n) is 10.4. The van der Waals surface area contributed by atoms with Crippen LogP contribution >= 0.6 is 0 Å². The second-order valence-corrected chi connectivity index (χ2v) is 6.59. The van der Waals surface area contributed by atoms with Gasteiger partial charge in [0.05, 0.1) is 11.6 Å². The molecule has 102 valence electrons. The van der Waals surface area contributed by atoms with Crippen molar-refractivity contribution in [3.63, 3.8) is 0 Å². The van der Waals surface area contributed by atoms with Crippen molar-refractivity contribution in [3.05, 3.63) is 18.7 Å². The lowest BCUT2D eigenvalue weighted by atomic mass is 10.2. The highest BCUT2D eigenvalue weighted by atomic mass is 32.2. The molecule has 1 aromatic heterocycles. The molecule has 6 nitrogen and oxygen atoms in total. The van der Waals surface area contributed by atoms with Gasteiger partial charge in [0.25, 0.3) is 0 Å². The summed E-state index contributed by atoms with van der Waals surface area (Å²) in [7, 11) is -3.14. The Bertz CT molecular complexity index is 438. The summed E-state index contributed by atoms with van der Waals surface area (Å²) in [4.78, 5) is 3.94. The van der Waals surface area contributed by atoms with Crippen LogP contribution < -0.4 is 10.0 Å². The van der Waals surface area contributed by atoms with Gasteiger partial charge in [-0.3, -0.25) is 0 Å². The maximum absolute atomic E-state index is 12.0. The van der Waals surface area contributed by atoms with Crippen molar-refractivity contribution >= 4 is 10.0 Å². The highest BCUT2D eigenvalue weighted by Crippen LogP contribution is 2.11. The molecular formula is C11H20N4O2S. The lowest BCUT2D eigenvalue weighted by molar-refractivity contribution is 0.487. The quantitative estimate of drug-likeness (QED) is 0.712. The van der Waals surface area contributed by atoms with Gasteiger partial charge in [-0.05, 0) is 32.4 Å². The minimum Gasteiger partial charge on any atom is -0.337 e. The van der Waals surface area contributed by atoms with Crippen LogP contribution in [0.15, 0.2) is 18.7 Å². The van der Waals surface area contributed by atoms with E-state index < -0.39 is 10.0 Å². The van der Waals surface area contributed by atoms with Gasteiger partial charge in [0, 0.05) is 25.5 Å². The lowest BCUT2D eigenvalue weighted by Gasteiger charge is -2.22. The summed E-state index contributed by atoms with van der Waals surface area (Å²) in [5.74, 6) is 0. The molecule has 2 heterocycles. The maximum Gasteiger partial charge on any atom is 0.214 e. The summed E-state index contributed by atoms with van der Waals surface area (Å²) in [6.45, 7) is 2.86. The molecule has 0 radical (unpaired) electrons. The minimum absolute atomic E-state index is 0.230. The van der Waals surface area contributed by atoms with Crippen molar-refractivity contribution in [2.45, 2.75) is 31.1 Å². The molecule has 1 saturated heterocycles. The Balaban J connectivity index is 1.71. The van der Waals surface area contributed by atoms with Crippen molar-refractivity contribution < 1.29 is 8.42 Å². The van der Waals surface area contributed by atoms with E-state index in [0.717, 1.165) is 26.1 Å². The van der Waals surface area contributed by atoms with Crippen molar-refractivity contribution in [2.75, 3.05) is 19.6 Å². The maximum atomic E-state index is 12.0. The van der Waals surface area contributed by atoms with Gasteiger partial charge >= 0.3 is 0 Å². The first kappa shape index (κ1) is 13.5. The van der Waals surface area contributed by atoms with E-state index in [4.69, 9.17) is 0 Å². The molecule has 2 rings (SSSR count). The fourth-order valence-electron chi connectivity index (χ4n) is 2.12. The number of nitrogens with zero attached hydrogens (tertiary/aromatic N) is 2.